The molecule has 0 spiro atoms. The first kappa shape index (κ1) is 23.6. The third-order valence-corrected chi connectivity index (χ3v) is 7.11. The molecule has 2 heterocycles. The quantitative estimate of drug-likeness (QED) is 0.447. The number of carbonyl (C=O) groups excluding carboxylic acids is 1. The smallest absolute Gasteiger partial charge is 0.228 e. The molecule has 1 N–H and O–H groups in total. The maximum absolute atomic E-state index is 14.4. The number of nitrogens with one attached hydrogen (secondary N) is 1. The Hall–Kier alpha value is -3.07. The van der Waals surface area contributed by atoms with Crippen LogP contribution in [0.15, 0.2) is 36.5 Å². The summed E-state index contributed by atoms with van der Waals surface area (Å²) in [4.78, 5) is 17.5. The second kappa shape index (κ2) is 10.5. The minimum absolute atomic E-state index is 0.00824. The van der Waals surface area contributed by atoms with Gasteiger partial charge in [-0.15, -0.1) is 0 Å². The van der Waals surface area contributed by atoms with E-state index in [9.17, 15) is 17.6 Å². The van der Waals surface area contributed by atoms with Gasteiger partial charge in [-0.05, 0) is 36.8 Å². The highest BCUT2D eigenvalue weighted by Crippen LogP contribution is 2.17. The topological polar surface area (TPSA) is 110 Å². The van der Waals surface area contributed by atoms with E-state index in [1.165, 1.54) is 27.6 Å². The lowest BCUT2D eigenvalue weighted by molar-refractivity contribution is -0.117. The molecule has 0 unspecified atom stereocenters. The van der Waals surface area contributed by atoms with Crippen molar-refractivity contribution in [3.63, 3.8) is 0 Å². The van der Waals surface area contributed by atoms with Crippen molar-refractivity contribution in [1.82, 2.24) is 19.2 Å². The van der Waals surface area contributed by atoms with Crippen LogP contribution in [0.4, 0.5) is 10.1 Å². The molecule has 1 saturated heterocycles. The van der Waals surface area contributed by atoms with Crippen molar-refractivity contribution < 1.29 is 17.6 Å². The normalized spacial score (nSPS) is 15.2. The van der Waals surface area contributed by atoms with Crippen molar-refractivity contribution in [3.8, 4) is 6.07 Å². The van der Waals surface area contributed by atoms with E-state index in [1.807, 2.05) is 6.07 Å². The Labute approximate surface area is 187 Å². The molecule has 170 valence electrons. The van der Waals surface area contributed by atoms with E-state index in [4.69, 9.17) is 5.26 Å². The van der Waals surface area contributed by atoms with Crippen LogP contribution in [-0.4, -0.2) is 66.0 Å². The number of nitriles is 1. The van der Waals surface area contributed by atoms with E-state index in [0.29, 0.717) is 50.4 Å². The molecule has 9 nitrogen and oxygen atoms in total. The van der Waals surface area contributed by atoms with E-state index < -0.39 is 15.8 Å². The number of hydrogen-bond acceptors (Lipinski definition) is 7. The molecule has 0 saturated carbocycles. The second-order valence-electron chi connectivity index (χ2n) is 7.39. The van der Waals surface area contributed by atoms with Gasteiger partial charge in [0.15, 0.2) is 0 Å². The zero-order chi connectivity index (χ0) is 23.1. The van der Waals surface area contributed by atoms with Crippen LogP contribution in [0.25, 0.3) is 0 Å². The Kier molecular flexibility index (Phi) is 7.74. The Morgan fingerprint density at radius 2 is 2.00 bits per heavy atom. The van der Waals surface area contributed by atoms with Crippen molar-refractivity contribution >= 4 is 22.1 Å². The van der Waals surface area contributed by atoms with Crippen LogP contribution < -0.4 is 5.43 Å². The standard InChI is InChI=1S/C21H25FN6O3S/c1-2-32(30,31)28-9-7-26(8-10-28)14-17-3-6-21(22)18(11-17)15-27(16-29)25-20-5-4-19(12-23)24-13-20/h3-6,11,13,16,25H,2,7-10,14-15H2,1H3. The van der Waals surface area contributed by atoms with Gasteiger partial charge in [0.2, 0.25) is 16.4 Å². The molecule has 2 aromatic rings. The molecule has 0 bridgehead atoms. The predicted molar refractivity (Wildman–Crippen MR) is 117 cm³/mol. The van der Waals surface area contributed by atoms with Crippen LogP contribution in [0.2, 0.25) is 0 Å². The van der Waals surface area contributed by atoms with Crippen LogP contribution in [-0.2, 0) is 27.9 Å². The number of pyridine rings is 1. The third-order valence-electron chi connectivity index (χ3n) is 5.22. The molecule has 1 aromatic carbocycles. The summed E-state index contributed by atoms with van der Waals surface area (Å²) < 4.78 is 39.9. The maximum atomic E-state index is 14.4. The summed E-state index contributed by atoms with van der Waals surface area (Å²) in [5.41, 5.74) is 4.80. The van der Waals surface area contributed by atoms with Crippen LogP contribution in [0.3, 0.4) is 0 Å². The van der Waals surface area contributed by atoms with Crippen molar-refractivity contribution in [1.29, 1.82) is 5.26 Å². The Balaban J connectivity index is 1.62. The van der Waals surface area contributed by atoms with E-state index in [2.05, 4.69) is 15.3 Å². The molecule has 0 radical (unpaired) electrons. The largest absolute Gasteiger partial charge is 0.296 e. The van der Waals surface area contributed by atoms with Crippen LogP contribution in [0.5, 0.6) is 0 Å². The van der Waals surface area contributed by atoms with Crippen molar-refractivity contribution in [3.05, 3.63) is 59.2 Å². The lowest BCUT2D eigenvalue weighted by atomic mass is 10.1. The number of hydrogen-bond donors (Lipinski definition) is 1. The highest BCUT2D eigenvalue weighted by Gasteiger charge is 2.25. The highest BCUT2D eigenvalue weighted by atomic mass is 32.2. The predicted octanol–water partition coefficient (Wildman–Crippen LogP) is 1.55. The van der Waals surface area contributed by atoms with Crippen LogP contribution in [0.1, 0.15) is 23.7 Å². The van der Waals surface area contributed by atoms with E-state index in [1.54, 1.807) is 25.1 Å². The lowest BCUT2D eigenvalue weighted by Gasteiger charge is -2.33. The van der Waals surface area contributed by atoms with Gasteiger partial charge < -0.3 is 0 Å². The van der Waals surface area contributed by atoms with Gasteiger partial charge in [0.05, 0.1) is 24.2 Å². The highest BCUT2D eigenvalue weighted by molar-refractivity contribution is 7.89. The SMILES string of the molecule is CCS(=O)(=O)N1CCN(Cc2ccc(F)c(CN(C=O)Nc3ccc(C#N)nc3)c2)CC1. The number of rotatable bonds is 9. The molecule has 1 aromatic heterocycles. The number of anilines is 1. The number of benzene rings is 1. The lowest BCUT2D eigenvalue weighted by Crippen LogP contribution is -2.48. The average molecular weight is 461 g/mol. The minimum atomic E-state index is -3.18. The molecular formula is C21H25FN6O3S. The first-order valence-electron chi connectivity index (χ1n) is 10.2. The van der Waals surface area contributed by atoms with Crippen LogP contribution in [0, 0.1) is 17.1 Å². The number of halogens is 1. The summed E-state index contributed by atoms with van der Waals surface area (Å²) in [6, 6.07) is 9.80. The fourth-order valence-corrected chi connectivity index (χ4v) is 4.52. The Morgan fingerprint density at radius 3 is 2.59 bits per heavy atom. The number of nitrogens with zero attached hydrogens (tertiary/aromatic N) is 5. The molecule has 1 fully saturated rings. The van der Waals surface area contributed by atoms with Crippen LogP contribution >= 0.6 is 0 Å². The number of amides is 1. The summed E-state index contributed by atoms with van der Waals surface area (Å²) in [7, 11) is -3.18. The van der Waals surface area contributed by atoms with Gasteiger partial charge in [0.25, 0.3) is 0 Å². The fourth-order valence-electron chi connectivity index (χ4n) is 3.43. The van der Waals surface area contributed by atoms with Crippen molar-refractivity contribution in [2.45, 2.75) is 20.0 Å². The van der Waals surface area contributed by atoms with Gasteiger partial charge in [-0.25, -0.2) is 17.8 Å². The fraction of sp³-hybridized carbons (Fsp3) is 0.381. The number of sulfonamides is 1. The first-order valence-corrected chi connectivity index (χ1v) is 11.8. The van der Waals surface area contributed by atoms with Gasteiger partial charge in [-0.1, -0.05) is 6.07 Å². The molecule has 1 amide bonds. The molecule has 0 atom stereocenters. The minimum Gasteiger partial charge on any atom is -0.296 e. The van der Waals surface area contributed by atoms with E-state index in [-0.39, 0.29) is 18.0 Å². The Bertz CT molecular complexity index is 1080. The van der Waals surface area contributed by atoms with Gasteiger partial charge >= 0.3 is 0 Å². The molecule has 11 heteroatoms. The van der Waals surface area contributed by atoms with Gasteiger partial charge in [-0.3, -0.25) is 20.1 Å². The van der Waals surface area contributed by atoms with E-state index in [0.717, 1.165) is 5.56 Å². The summed E-state index contributed by atoms with van der Waals surface area (Å²) in [5, 5.41) is 10.0. The molecule has 1 aliphatic heterocycles. The zero-order valence-electron chi connectivity index (χ0n) is 17.7. The van der Waals surface area contributed by atoms with Crippen molar-refractivity contribution in [2.75, 3.05) is 37.4 Å². The number of hydrazine groups is 1. The summed E-state index contributed by atoms with van der Waals surface area (Å²) in [6.45, 7) is 4.25. The number of aromatic nitrogens is 1. The summed E-state index contributed by atoms with van der Waals surface area (Å²) >= 11 is 0. The monoisotopic (exact) mass is 460 g/mol. The Morgan fingerprint density at radius 1 is 1.25 bits per heavy atom. The molecule has 1 aliphatic rings. The second-order valence-corrected chi connectivity index (χ2v) is 9.65. The molecular weight excluding hydrogens is 435 g/mol. The van der Waals surface area contributed by atoms with E-state index >= 15 is 0 Å². The molecule has 32 heavy (non-hydrogen) atoms. The first-order chi connectivity index (χ1) is 15.3. The average Bonchev–Trinajstić information content (AvgIpc) is 2.81. The third kappa shape index (κ3) is 6.00. The number of carbonyl (C=O) groups is 1. The zero-order valence-corrected chi connectivity index (χ0v) is 18.6. The van der Waals surface area contributed by atoms with Gasteiger partial charge in [0, 0.05) is 38.3 Å². The van der Waals surface area contributed by atoms with Gasteiger partial charge in [0.1, 0.15) is 17.6 Å². The molecule has 0 aliphatic carbocycles. The summed E-state index contributed by atoms with van der Waals surface area (Å²) in [6.07, 6.45) is 1.97. The van der Waals surface area contributed by atoms with Crippen molar-refractivity contribution in [2.24, 2.45) is 0 Å². The number of piperazine rings is 1. The summed E-state index contributed by atoms with van der Waals surface area (Å²) in [5.74, 6) is -0.340. The van der Waals surface area contributed by atoms with Gasteiger partial charge in [-0.2, -0.15) is 9.57 Å². The molecule has 3 rings (SSSR count). The maximum Gasteiger partial charge on any atom is 0.228 e.